The number of hydrogen-bond acceptors (Lipinski definition) is 8. The van der Waals surface area contributed by atoms with Crippen molar-refractivity contribution in [2.24, 2.45) is 0 Å². The van der Waals surface area contributed by atoms with E-state index in [1.54, 1.807) is 15.9 Å². The van der Waals surface area contributed by atoms with Gasteiger partial charge in [0.15, 0.2) is 11.5 Å². The topological polar surface area (TPSA) is 111 Å². The second kappa shape index (κ2) is 7.70. The summed E-state index contributed by atoms with van der Waals surface area (Å²) < 4.78 is 1.58. The second-order valence-electron chi connectivity index (χ2n) is 6.71. The molecule has 3 aromatic heterocycles. The van der Waals surface area contributed by atoms with Gasteiger partial charge < -0.3 is 9.80 Å². The predicted octanol–water partition coefficient (Wildman–Crippen LogP) is 0.600. The maximum Gasteiger partial charge on any atom is 0.276 e. The zero-order valence-corrected chi connectivity index (χ0v) is 16.0. The van der Waals surface area contributed by atoms with Gasteiger partial charge in [0.1, 0.15) is 24.8 Å². The molecular weight excluding hydrogens is 384 g/mol. The summed E-state index contributed by atoms with van der Waals surface area (Å²) in [6.45, 7) is 2.46. The summed E-state index contributed by atoms with van der Waals surface area (Å²) >= 11 is 0. The van der Waals surface area contributed by atoms with E-state index in [2.05, 4.69) is 35.1 Å². The van der Waals surface area contributed by atoms with Crippen molar-refractivity contribution in [3.05, 3.63) is 67.3 Å². The molecule has 1 aromatic carbocycles. The molecule has 0 unspecified atom stereocenters. The summed E-state index contributed by atoms with van der Waals surface area (Å²) in [5.41, 5.74) is 1.15. The summed E-state index contributed by atoms with van der Waals surface area (Å²) in [6.07, 6.45) is 6.06. The van der Waals surface area contributed by atoms with Crippen molar-refractivity contribution in [1.82, 2.24) is 44.6 Å². The largest absolute Gasteiger partial charge is 0.353 e. The van der Waals surface area contributed by atoms with Gasteiger partial charge in [-0.25, -0.2) is 19.6 Å². The Kier molecular flexibility index (Phi) is 4.60. The molecule has 1 amide bonds. The van der Waals surface area contributed by atoms with Crippen molar-refractivity contribution < 1.29 is 4.79 Å². The normalized spacial score (nSPS) is 14.1. The fourth-order valence-electron chi connectivity index (χ4n) is 3.31. The fraction of sp³-hybridized carbons (Fsp3) is 0.211. The van der Waals surface area contributed by atoms with Crippen molar-refractivity contribution in [1.29, 1.82) is 0 Å². The Balaban J connectivity index is 1.25. The molecular formula is C19H18N10O. The number of piperazine rings is 1. The lowest BCUT2D eigenvalue weighted by molar-refractivity contribution is 0.0740. The predicted molar refractivity (Wildman–Crippen MR) is 106 cm³/mol. The summed E-state index contributed by atoms with van der Waals surface area (Å²) in [5, 5.41) is 12.6. The molecule has 0 radical (unpaired) electrons. The van der Waals surface area contributed by atoms with Crippen molar-refractivity contribution in [3.8, 4) is 11.5 Å². The number of anilines is 1. The van der Waals surface area contributed by atoms with Crippen LogP contribution in [-0.4, -0.2) is 76.7 Å². The van der Waals surface area contributed by atoms with Gasteiger partial charge in [-0.3, -0.25) is 4.79 Å². The number of para-hydroxylation sites is 1. The smallest absolute Gasteiger partial charge is 0.276 e. The molecule has 4 heterocycles. The molecule has 1 aliphatic heterocycles. The summed E-state index contributed by atoms with van der Waals surface area (Å²) in [4.78, 5) is 30.7. The molecule has 0 N–H and O–H groups in total. The van der Waals surface area contributed by atoms with E-state index < -0.39 is 0 Å². The monoisotopic (exact) mass is 402 g/mol. The highest BCUT2D eigenvalue weighted by atomic mass is 16.2. The number of hydrogen-bond donors (Lipinski definition) is 0. The molecule has 1 fully saturated rings. The van der Waals surface area contributed by atoms with E-state index in [0.29, 0.717) is 37.7 Å². The highest BCUT2D eigenvalue weighted by Gasteiger charge is 2.25. The van der Waals surface area contributed by atoms with Crippen molar-refractivity contribution in [3.63, 3.8) is 0 Å². The second-order valence-corrected chi connectivity index (χ2v) is 6.71. The van der Waals surface area contributed by atoms with Crippen LogP contribution in [0.15, 0.2) is 61.6 Å². The fourth-order valence-corrected chi connectivity index (χ4v) is 3.31. The Morgan fingerprint density at radius 1 is 0.900 bits per heavy atom. The van der Waals surface area contributed by atoms with Crippen molar-refractivity contribution in [2.75, 3.05) is 31.1 Å². The first kappa shape index (κ1) is 17.9. The molecule has 0 atom stereocenters. The van der Waals surface area contributed by atoms with Crippen LogP contribution in [0.5, 0.6) is 0 Å². The number of aromatic nitrogens is 8. The van der Waals surface area contributed by atoms with Gasteiger partial charge in [0.2, 0.25) is 0 Å². The molecule has 4 aromatic rings. The quantitative estimate of drug-likeness (QED) is 0.488. The van der Waals surface area contributed by atoms with Crippen LogP contribution in [0.3, 0.4) is 0 Å². The highest BCUT2D eigenvalue weighted by molar-refractivity contribution is 5.92. The highest BCUT2D eigenvalue weighted by Crippen LogP contribution is 2.16. The van der Waals surface area contributed by atoms with E-state index in [1.165, 1.54) is 23.6 Å². The van der Waals surface area contributed by atoms with Gasteiger partial charge in [0.05, 0.1) is 11.9 Å². The molecule has 1 aliphatic rings. The molecule has 0 spiro atoms. The third-order valence-electron chi connectivity index (χ3n) is 4.88. The number of rotatable bonds is 4. The van der Waals surface area contributed by atoms with Crippen LogP contribution in [0.25, 0.3) is 11.5 Å². The van der Waals surface area contributed by atoms with Gasteiger partial charge in [-0.2, -0.15) is 15.0 Å². The van der Waals surface area contributed by atoms with Gasteiger partial charge in [0, 0.05) is 32.2 Å². The number of carbonyl (C=O) groups excluding carboxylic acids is 1. The maximum absolute atomic E-state index is 12.8. The van der Waals surface area contributed by atoms with Gasteiger partial charge in [-0.05, 0) is 12.1 Å². The van der Waals surface area contributed by atoms with E-state index in [4.69, 9.17) is 0 Å². The van der Waals surface area contributed by atoms with Crippen LogP contribution in [0.1, 0.15) is 10.5 Å². The first-order chi connectivity index (χ1) is 14.8. The molecule has 11 heteroatoms. The van der Waals surface area contributed by atoms with E-state index in [-0.39, 0.29) is 5.91 Å². The van der Waals surface area contributed by atoms with Crippen molar-refractivity contribution in [2.45, 2.75) is 0 Å². The molecule has 0 saturated carbocycles. The lowest BCUT2D eigenvalue weighted by Gasteiger charge is -2.35. The summed E-state index contributed by atoms with van der Waals surface area (Å²) in [5.74, 6) is 1.31. The number of nitrogens with zero attached hydrogens (tertiary/aromatic N) is 10. The first-order valence-electron chi connectivity index (χ1n) is 9.47. The van der Waals surface area contributed by atoms with Crippen molar-refractivity contribution >= 4 is 11.7 Å². The SMILES string of the molecule is O=C(c1cnn(-c2ccccc2)n1)N1CCN(c2cc(-n3cncn3)ncn2)CC1. The van der Waals surface area contributed by atoms with Crippen LogP contribution in [0.4, 0.5) is 5.82 Å². The van der Waals surface area contributed by atoms with Crippen LogP contribution in [0, 0.1) is 0 Å². The maximum atomic E-state index is 12.8. The standard InChI is InChI=1S/C19H18N10O/c30-19(16-11-23-29(25-16)15-4-2-1-3-5-15)27-8-6-26(7-9-27)17-10-18(22-13-21-17)28-14-20-12-24-28/h1-5,10-14H,6-9H2. The van der Waals surface area contributed by atoms with Crippen LogP contribution in [-0.2, 0) is 0 Å². The Labute approximate surface area is 171 Å². The molecule has 0 aliphatic carbocycles. The van der Waals surface area contributed by atoms with E-state index in [0.717, 1.165) is 11.5 Å². The third-order valence-corrected chi connectivity index (χ3v) is 4.88. The van der Waals surface area contributed by atoms with Crippen LogP contribution in [0.2, 0.25) is 0 Å². The average molecular weight is 402 g/mol. The molecule has 1 saturated heterocycles. The lowest BCUT2D eigenvalue weighted by Crippen LogP contribution is -2.49. The van der Waals surface area contributed by atoms with Gasteiger partial charge >= 0.3 is 0 Å². The van der Waals surface area contributed by atoms with Gasteiger partial charge in [-0.1, -0.05) is 18.2 Å². The van der Waals surface area contributed by atoms with E-state index >= 15 is 0 Å². The number of amides is 1. The minimum Gasteiger partial charge on any atom is -0.353 e. The molecule has 0 bridgehead atoms. The Morgan fingerprint density at radius 3 is 2.47 bits per heavy atom. The minimum atomic E-state index is -0.122. The van der Waals surface area contributed by atoms with Crippen LogP contribution < -0.4 is 4.90 Å². The Hall–Kier alpha value is -4.15. The lowest BCUT2D eigenvalue weighted by atomic mass is 10.3. The zero-order valence-electron chi connectivity index (χ0n) is 16.0. The average Bonchev–Trinajstić information content (AvgIpc) is 3.52. The Bertz CT molecular complexity index is 1130. The number of benzene rings is 1. The third kappa shape index (κ3) is 3.48. The molecule has 5 rings (SSSR count). The number of carbonyl (C=O) groups is 1. The zero-order chi connectivity index (χ0) is 20.3. The Morgan fingerprint density at radius 2 is 1.70 bits per heavy atom. The first-order valence-corrected chi connectivity index (χ1v) is 9.47. The molecule has 150 valence electrons. The summed E-state index contributed by atoms with van der Waals surface area (Å²) in [6, 6.07) is 11.4. The molecule has 11 nitrogen and oxygen atoms in total. The van der Waals surface area contributed by atoms with E-state index in [1.807, 2.05) is 36.4 Å². The van der Waals surface area contributed by atoms with E-state index in [9.17, 15) is 4.79 Å². The van der Waals surface area contributed by atoms with Crippen LogP contribution >= 0.6 is 0 Å². The summed E-state index contributed by atoms with van der Waals surface area (Å²) in [7, 11) is 0. The molecule has 30 heavy (non-hydrogen) atoms. The minimum absolute atomic E-state index is 0.122. The van der Waals surface area contributed by atoms with Gasteiger partial charge in [0.25, 0.3) is 5.91 Å². The van der Waals surface area contributed by atoms with Gasteiger partial charge in [-0.15, -0.1) is 5.10 Å².